The summed E-state index contributed by atoms with van der Waals surface area (Å²) in [5.41, 5.74) is 2.68. The lowest BCUT2D eigenvalue weighted by Crippen LogP contribution is -2.37. The molecule has 0 unspecified atom stereocenters. The van der Waals surface area contributed by atoms with Gasteiger partial charge in [-0.3, -0.25) is 4.79 Å². The smallest absolute Gasteiger partial charge is 0.262 e. The van der Waals surface area contributed by atoms with Gasteiger partial charge in [0.25, 0.3) is 5.91 Å². The first-order chi connectivity index (χ1) is 14.2. The molecule has 1 saturated heterocycles. The summed E-state index contributed by atoms with van der Waals surface area (Å²) in [5, 5.41) is 2.87. The summed E-state index contributed by atoms with van der Waals surface area (Å²) >= 11 is 3.44. The van der Waals surface area contributed by atoms with Crippen LogP contribution in [0.2, 0.25) is 0 Å². The van der Waals surface area contributed by atoms with E-state index in [1.807, 2.05) is 26.0 Å². The Hall–Kier alpha value is -1.90. The predicted octanol–water partition coefficient (Wildman–Crippen LogP) is 4.50. The van der Waals surface area contributed by atoms with Crippen molar-refractivity contribution in [1.29, 1.82) is 0 Å². The van der Waals surface area contributed by atoms with Crippen molar-refractivity contribution in [2.24, 2.45) is 5.92 Å². The highest BCUT2D eigenvalue weighted by atomic mass is 79.9. The van der Waals surface area contributed by atoms with Crippen LogP contribution in [0.15, 0.2) is 45.8 Å². The molecule has 0 aromatic heterocycles. The Kier molecular flexibility index (Phi) is 7.21. The maximum Gasteiger partial charge on any atom is 0.262 e. The van der Waals surface area contributed by atoms with Gasteiger partial charge in [0, 0.05) is 23.2 Å². The lowest BCUT2D eigenvalue weighted by atomic mass is 10.0. The van der Waals surface area contributed by atoms with Crippen LogP contribution in [-0.2, 0) is 14.8 Å². The molecule has 30 heavy (non-hydrogen) atoms. The molecule has 0 saturated carbocycles. The second-order valence-corrected chi connectivity index (χ2v) is 10.7. The number of hydrogen-bond donors (Lipinski definition) is 1. The van der Waals surface area contributed by atoms with E-state index in [0.717, 1.165) is 34.1 Å². The molecule has 3 rings (SSSR count). The van der Waals surface area contributed by atoms with Gasteiger partial charge in [-0.05, 0) is 80.1 Å². The first-order valence-corrected chi connectivity index (χ1v) is 12.2. The van der Waals surface area contributed by atoms with Gasteiger partial charge in [-0.2, -0.15) is 4.31 Å². The van der Waals surface area contributed by atoms with E-state index in [4.69, 9.17) is 4.74 Å². The average Bonchev–Trinajstić information content (AvgIpc) is 2.70. The number of anilines is 1. The van der Waals surface area contributed by atoms with Crippen molar-refractivity contribution in [1.82, 2.24) is 4.31 Å². The van der Waals surface area contributed by atoms with Crippen LogP contribution in [-0.4, -0.2) is 38.3 Å². The van der Waals surface area contributed by atoms with E-state index in [9.17, 15) is 13.2 Å². The van der Waals surface area contributed by atoms with Crippen LogP contribution in [0.5, 0.6) is 5.75 Å². The highest BCUT2D eigenvalue weighted by Crippen LogP contribution is 2.26. The van der Waals surface area contributed by atoms with E-state index >= 15 is 0 Å². The van der Waals surface area contributed by atoms with Gasteiger partial charge in [0.05, 0.1) is 4.90 Å². The van der Waals surface area contributed by atoms with Gasteiger partial charge >= 0.3 is 0 Å². The second kappa shape index (κ2) is 9.49. The largest absolute Gasteiger partial charge is 0.484 e. The minimum atomic E-state index is -3.49. The third kappa shape index (κ3) is 5.42. The van der Waals surface area contributed by atoms with E-state index in [1.54, 1.807) is 16.4 Å². The first kappa shape index (κ1) is 22.8. The number of sulfonamides is 1. The van der Waals surface area contributed by atoms with E-state index < -0.39 is 10.0 Å². The van der Waals surface area contributed by atoms with Gasteiger partial charge in [0.1, 0.15) is 5.75 Å². The molecule has 0 atom stereocenters. The van der Waals surface area contributed by atoms with Gasteiger partial charge in [0.2, 0.25) is 10.0 Å². The Morgan fingerprint density at radius 2 is 1.70 bits per heavy atom. The van der Waals surface area contributed by atoms with E-state index in [2.05, 4.69) is 28.2 Å². The summed E-state index contributed by atoms with van der Waals surface area (Å²) in [5.74, 6) is 0.728. The zero-order valence-electron chi connectivity index (χ0n) is 17.4. The van der Waals surface area contributed by atoms with Gasteiger partial charge in [-0.15, -0.1) is 0 Å². The summed E-state index contributed by atoms with van der Waals surface area (Å²) in [4.78, 5) is 12.5. The summed E-state index contributed by atoms with van der Waals surface area (Å²) in [6.07, 6.45) is 1.76. The summed E-state index contributed by atoms with van der Waals surface area (Å²) in [6.45, 7) is 6.94. The van der Waals surface area contributed by atoms with Crippen molar-refractivity contribution >= 4 is 37.5 Å². The lowest BCUT2D eigenvalue weighted by Gasteiger charge is -2.29. The van der Waals surface area contributed by atoms with Gasteiger partial charge in [0.15, 0.2) is 6.61 Å². The molecular weight excluding hydrogens is 468 g/mol. The molecule has 8 heteroatoms. The van der Waals surface area contributed by atoms with Crippen molar-refractivity contribution in [3.8, 4) is 5.75 Å². The van der Waals surface area contributed by atoms with Gasteiger partial charge in [-0.25, -0.2) is 8.42 Å². The maximum absolute atomic E-state index is 12.8. The fourth-order valence-electron chi connectivity index (χ4n) is 3.51. The molecule has 0 bridgehead atoms. The zero-order valence-corrected chi connectivity index (χ0v) is 19.8. The maximum atomic E-state index is 12.8. The number of halogens is 1. The summed E-state index contributed by atoms with van der Waals surface area (Å²) < 4.78 is 33.6. The third-order valence-corrected chi connectivity index (χ3v) is 7.71. The molecule has 2 aromatic rings. The number of carbonyl (C=O) groups excluding carboxylic acids is 1. The standard InChI is InChI=1S/C22H27BrN2O4S/c1-15-8-10-25(11-9-15)30(27,28)20-6-4-19(5-7-20)29-14-21(26)24-22-16(2)12-18(23)13-17(22)3/h4-7,12-13,15H,8-11,14H2,1-3H3,(H,24,26). The summed E-state index contributed by atoms with van der Waals surface area (Å²) in [7, 11) is -3.49. The SMILES string of the molecule is Cc1cc(Br)cc(C)c1NC(=O)COc1ccc(S(=O)(=O)N2CCC(C)CC2)cc1. The number of nitrogens with one attached hydrogen (secondary N) is 1. The molecule has 1 fully saturated rings. The molecular formula is C22H27BrN2O4S. The highest BCUT2D eigenvalue weighted by molar-refractivity contribution is 9.10. The lowest BCUT2D eigenvalue weighted by molar-refractivity contribution is -0.118. The number of aryl methyl sites for hydroxylation is 2. The molecule has 2 aromatic carbocycles. The Labute approximate surface area is 186 Å². The molecule has 1 N–H and O–H groups in total. The molecule has 6 nitrogen and oxygen atoms in total. The van der Waals surface area contributed by atoms with E-state index in [1.165, 1.54) is 12.1 Å². The molecule has 1 heterocycles. The number of nitrogens with zero attached hydrogens (tertiary/aromatic N) is 1. The van der Waals surface area contributed by atoms with E-state index in [0.29, 0.717) is 24.8 Å². The van der Waals surface area contributed by atoms with Crippen LogP contribution in [0, 0.1) is 19.8 Å². The number of piperidine rings is 1. The number of ether oxygens (including phenoxy) is 1. The Bertz CT molecular complexity index is 991. The highest BCUT2D eigenvalue weighted by Gasteiger charge is 2.27. The molecule has 1 aliphatic heterocycles. The van der Waals surface area contributed by atoms with Crippen LogP contribution >= 0.6 is 15.9 Å². The quantitative estimate of drug-likeness (QED) is 0.640. The molecule has 1 aliphatic rings. The number of rotatable bonds is 6. The molecule has 0 aliphatic carbocycles. The minimum Gasteiger partial charge on any atom is -0.484 e. The van der Waals surface area contributed by atoms with Gasteiger partial charge < -0.3 is 10.1 Å². The van der Waals surface area contributed by atoms with E-state index in [-0.39, 0.29) is 17.4 Å². The van der Waals surface area contributed by atoms with Crippen LogP contribution in [0.1, 0.15) is 30.9 Å². The Balaban J connectivity index is 1.59. The molecule has 1 amide bonds. The van der Waals surface area contributed by atoms with Crippen LogP contribution < -0.4 is 10.1 Å². The number of carbonyl (C=O) groups is 1. The normalized spacial score (nSPS) is 15.7. The van der Waals surface area contributed by atoms with Gasteiger partial charge in [-0.1, -0.05) is 22.9 Å². The van der Waals surface area contributed by atoms with Crippen LogP contribution in [0.3, 0.4) is 0 Å². The fraction of sp³-hybridized carbons (Fsp3) is 0.409. The fourth-order valence-corrected chi connectivity index (χ4v) is 5.67. The monoisotopic (exact) mass is 494 g/mol. The Morgan fingerprint density at radius 3 is 2.27 bits per heavy atom. The zero-order chi connectivity index (χ0) is 21.9. The predicted molar refractivity (Wildman–Crippen MR) is 121 cm³/mol. The van der Waals surface area contributed by atoms with Crippen molar-refractivity contribution < 1.29 is 17.9 Å². The molecule has 0 radical (unpaired) electrons. The van der Waals surface area contributed by atoms with Crippen molar-refractivity contribution in [3.63, 3.8) is 0 Å². The third-order valence-electron chi connectivity index (χ3n) is 5.34. The molecule has 0 spiro atoms. The van der Waals surface area contributed by atoms with Crippen LogP contribution in [0.25, 0.3) is 0 Å². The average molecular weight is 495 g/mol. The van der Waals surface area contributed by atoms with Crippen molar-refractivity contribution in [2.75, 3.05) is 25.0 Å². The molecule has 162 valence electrons. The first-order valence-electron chi connectivity index (χ1n) is 9.96. The Morgan fingerprint density at radius 1 is 1.13 bits per heavy atom. The van der Waals surface area contributed by atoms with Crippen molar-refractivity contribution in [3.05, 3.63) is 52.0 Å². The van der Waals surface area contributed by atoms with Crippen molar-refractivity contribution in [2.45, 2.75) is 38.5 Å². The number of amides is 1. The minimum absolute atomic E-state index is 0.162. The number of hydrogen-bond acceptors (Lipinski definition) is 4. The summed E-state index contributed by atoms with van der Waals surface area (Å²) in [6, 6.07) is 10.1. The van der Waals surface area contributed by atoms with Crippen LogP contribution in [0.4, 0.5) is 5.69 Å². The number of benzene rings is 2. The topological polar surface area (TPSA) is 75.7 Å². The second-order valence-electron chi connectivity index (χ2n) is 7.81.